The predicted molar refractivity (Wildman–Crippen MR) is 115 cm³/mol. The Labute approximate surface area is 173 Å². The van der Waals surface area contributed by atoms with Crippen LogP contribution >= 0.6 is 22.9 Å². The molecule has 2 aromatic carbocycles. The fourth-order valence-corrected chi connectivity index (χ4v) is 4.44. The average molecular weight is 413 g/mol. The molecule has 0 saturated heterocycles. The van der Waals surface area contributed by atoms with Crippen LogP contribution in [0.2, 0.25) is 5.02 Å². The molecular formula is C22H21ClN2O2S. The minimum absolute atomic E-state index is 0.0185. The Bertz CT molecular complexity index is 928. The van der Waals surface area contributed by atoms with Gasteiger partial charge in [-0.2, -0.15) is 0 Å². The SMILES string of the molecule is O=C(COc1ccc(Cl)cc1)NC[C@@H](c1cccs1)N1CCc2ccccc21. The Hall–Kier alpha value is -2.50. The number of nitrogens with zero attached hydrogens (tertiary/aromatic N) is 1. The molecule has 1 atom stereocenters. The lowest BCUT2D eigenvalue weighted by molar-refractivity contribution is -0.123. The minimum Gasteiger partial charge on any atom is -0.484 e. The normalized spacial score (nSPS) is 13.8. The van der Waals surface area contributed by atoms with E-state index in [1.54, 1.807) is 35.6 Å². The molecule has 0 saturated carbocycles. The fraction of sp³-hybridized carbons (Fsp3) is 0.227. The molecule has 4 nitrogen and oxygen atoms in total. The average Bonchev–Trinajstić information content (AvgIpc) is 3.39. The predicted octanol–water partition coefficient (Wildman–Crippen LogP) is 4.70. The van der Waals surface area contributed by atoms with Gasteiger partial charge in [0.2, 0.25) is 0 Å². The zero-order valence-electron chi connectivity index (χ0n) is 15.3. The van der Waals surface area contributed by atoms with Crippen LogP contribution in [-0.2, 0) is 11.2 Å². The lowest BCUT2D eigenvalue weighted by Gasteiger charge is -2.30. The highest BCUT2D eigenvalue weighted by Gasteiger charge is 2.28. The van der Waals surface area contributed by atoms with E-state index in [1.165, 1.54) is 16.1 Å². The molecule has 144 valence electrons. The molecular weight excluding hydrogens is 392 g/mol. The van der Waals surface area contributed by atoms with Gasteiger partial charge in [0.25, 0.3) is 5.91 Å². The van der Waals surface area contributed by atoms with Gasteiger partial charge in [-0.25, -0.2) is 0 Å². The highest BCUT2D eigenvalue weighted by molar-refractivity contribution is 7.10. The van der Waals surface area contributed by atoms with E-state index < -0.39 is 0 Å². The van der Waals surface area contributed by atoms with Gasteiger partial charge < -0.3 is 15.0 Å². The van der Waals surface area contributed by atoms with Gasteiger partial charge in [-0.1, -0.05) is 35.9 Å². The Morgan fingerprint density at radius 3 is 2.75 bits per heavy atom. The van der Waals surface area contributed by atoms with Crippen molar-refractivity contribution in [3.05, 3.63) is 81.5 Å². The standard InChI is InChI=1S/C22H21ClN2O2S/c23-17-7-9-18(10-8-17)27-15-22(26)24-14-20(21-6-3-13-28-21)25-12-11-16-4-1-2-5-19(16)25/h1-10,13,20H,11-12,14-15H2,(H,24,26)/t20-/m0/s1. The highest BCUT2D eigenvalue weighted by Crippen LogP contribution is 2.36. The number of rotatable bonds is 7. The van der Waals surface area contributed by atoms with Gasteiger partial charge in [0.05, 0.1) is 6.04 Å². The molecule has 0 aliphatic carbocycles. The summed E-state index contributed by atoms with van der Waals surface area (Å²) >= 11 is 7.59. The molecule has 1 aliphatic heterocycles. The third kappa shape index (κ3) is 4.32. The molecule has 0 radical (unpaired) electrons. The molecule has 1 amide bonds. The maximum atomic E-state index is 12.3. The van der Waals surface area contributed by atoms with Gasteiger partial charge in [0, 0.05) is 28.7 Å². The van der Waals surface area contributed by atoms with Crippen LogP contribution in [0.15, 0.2) is 66.0 Å². The number of para-hydroxylation sites is 1. The number of benzene rings is 2. The summed E-state index contributed by atoms with van der Waals surface area (Å²) in [5, 5.41) is 5.75. The second-order valence-electron chi connectivity index (χ2n) is 6.65. The molecule has 1 aliphatic rings. The molecule has 6 heteroatoms. The number of carbonyl (C=O) groups is 1. The zero-order chi connectivity index (χ0) is 19.3. The third-order valence-electron chi connectivity index (χ3n) is 4.85. The summed E-state index contributed by atoms with van der Waals surface area (Å²) in [7, 11) is 0. The maximum absolute atomic E-state index is 12.3. The van der Waals surface area contributed by atoms with Gasteiger partial charge in [0.15, 0.2) is 6.61 Å². The van der Waals surface area contributed by atoms with Crippen molar-refractivity contribution in [1.29, 1.82) is 0 Å². The summed E-state index contributed by atoms with van der Waals surface area (Å²) in [5.74, 6) is 0.492. The molecule has 1 aromatic heterocycles. The summed E-state index contributed by atoms with van der Waals surface area (Å²) in [6.45, 7) is 1.48. The van der Waals surface area contributed by atoms with Crippen molar-refractivity contribution in [2.75, 3.05) is 24.6 Å². The number of amides is 1. The van der Waals surface area contributed by atoms with E-state index in [1.807, 2.05) is 0 Å². The number of fused-ring (bicyclic) bond motifs is 1. The molecule has 0 bridgehead atoms. The summed E-state index contributed by atoms with van der Waals surface area (Å²) in [6, 6.07) is 19.8. The molecule has 28 heavy (non-hydrogen) atoms. The second-order valence-corrected chi connectivity index (χ2v) is 8.07. The summed E-state index contributed by atoms with van der Waals surface area (Å²) in [5.41, 5.74) is 2.62. The van der Waals surface area contributed by atoms with Crippen molar-refractivity contribution in [2.45, 2.75) is 12.5 Å². The van der Waals surface area contributed by atoms with Crippen LogP contribution in [0.4, 0.5) is 5.69 Å². The van der Waals surface area contributed by atoms with Gasteiger partial charge in [-0.3, -0.25) is 4.79 Å². The van der Waals surface area contributed by atoms with Crippen LogP contribution in [-0.4, -0.2) is 25.6 Å². The monoisotopic (exact) mass is 412 g/mol. The largest absolute Gasteiger partial charge is 0.484 e. The smallest absolute Gasteiger partial charge is 0.258 e. The second kappa shape index (κ2) is 8.67. The number of thiophene rings is 1. The van der Waals surface area contributed by atoms with Crippen LogP contribution in [0, 0.1) is 0 Å². The van der Waals surface area contributed by atoms with Crippen molar-refractivity contribution >= 4 is 34.5 Å². The fourth-order valence-electron chi connectivity index (χ4n) is 3.47. The van der Waals surface area contributed by atoms with Crippen LogP contribution < -0.4 is 15.0 Å². The third-order valence-corrected chi connectivity index (χ3v) is 6.07. The molecule has 3 aromatic rings. The molecule has 0 spiro atoms. The summed E-state index contributed by atoms with van der Waals surface area (Å²) in [6.07, 6.45) is 1.03. The Morgan fingerprint density at radius 2 is 1.96 bits per heavy atom. The van der Waals surface area contributed by atoms with Crippen molar-refractivity contribution in [3.8, 4) is 5.75 Å². The summed E-state index contributed by atoms with van der Waals surface area (Å²) < 4.78 is 5.55. The van der Waals surface area contributed by atoms with Crippen LogP contribution in [0.3, 0.4) is 0 Å². The quantitative estimate of drug-likeness (QED) is 0.611. The molecule has 0 unspecified atom stereocenters. The number of nitrogens with one attached hydrogen (secondary N) is 1. The number of hydrogen-bond donors (Lipinski definition) is 1. The molecule has 1 N–H and O–H groups in total. The summed E-state index contributed by atoms with van der Waals surface area (Å²) in [4.78, 5) is 16.0. The van der Waals surface area contributed by atoms with Gasteiger partial charge in [-0.15, -0.1) is 11.3 Å². The van der Waals surface area contributed by atoms with Crippen LogP contribution in [0.1, 0.15) is 16.5 Å². The number of ether oxygens (including phenoxy) is 1. The Balaban J connectivity index is 1.40. The number of hydrogen-bond acceptors (Lipinski definition) is 4. The van der Waals surface area contributed by atoms with Gasteiger partial charge in [0.1, 0.15) is 5.75 Å². The van der Waals surface area contributed by atoms with Crippen molar-refractivity contribution < 1.29 is 9.53 Å². The van der Waals surface area contributed by atoms with Crippen LogP contribution in [0.25, 0.3) is 0 Å². The van der Waals surface area contributed by atoms with Crippen molar-refractivity contribution in [2.24, 2.45) is 0 Å². The first-order valence-corrected chi connectivity index (χ1v) is 10.5. The lowest BCUT2D eigenvalue weighted by Crippen LogP contribution is -2.38. The zero-order valence-corrected chi connectivity index (χ0v) is 16.9. The molecule has 4 rings (SSSR count). The number of carbonyl (C=O) groups excluding carboxylic acids is 1. The van der Waals surface area contributed by atoms with E-state index >= 15 is 0 Å². The maximum Gasteiger partial charge on any atom is 0.258 e. The van der Waals surface area contributed by atoms with E-state index in [9.17, 15) is 4.79 Å². The van der Waals surface area contributed by atoms with Gasteiger partial charge >= 0.3 is 0 Å². The number of anilines is 1. The number of halogens is 1. The minimum atomic E-state index is -0.135. The Kier molecular flexibility index (Phi) is 5.84. The van der Waals surface area contributed by atoms with E-state index in [-0.39, 0.29) is 18.6 Å². The van der Waals surface area contributed by atoms with E-state index in [4.69, 9.17) is 16.3 Å². The first-order valence-electron chi connectivity index (χ1n) is 9.24. The first-order chi connectivity index (χ1) is 13.7. The van der Waals surface area contributed by atoms with Crippen LogP contribution in [0.5, 0.6) is 5.75 Å². The topological polar surface area (TPSA) is 41.6 Å². The first kappa shape index (κ1) is 18.8. The van der Waals surface area contributed by atoms with Gasteiger partial charge in [-0.05, 0) is 53.8 Å². The van der Waals surface area contributed by atoms with E-state index in [0.29, 0.717) is 17.3 Å². The van der Waals surface area contributed by atoms with Crippen molar-refractivity contribution in [1.82, 2.24) is 5.32 Å². The lowest BCUT2D eigenvalue weighted by atomic mass is 10.1. The Morgan fingerprint density at radius 1 is 1.14 bits per heavy atom. The molecule has 2 heterocycles. The van der Waals surface area contributed by atoms with E-state index in [0.717, 1.165) is 13.0 Å². The molecule has 0 fully saturated rings. The van der Waals surface area contributed by atoms with E-state index in [2.05, 4.69) is 52.0 Å². The van der Waals surface area contributed by atoms with Crippen molar-refractivity contribution in [3.63, 3.8) is 0 Å². The highest BCUT2D eigenvalue weighted by atomic mass is 35.5.